The minimum Gasteiger partial charge on any atom is -0.356 e. The second-order valence-corrected chi connectivity index (χ2v) is 5.64. The van der Waals surface area contributed by atoms with Crippen molar-refractivity contribution in [2.24, 2.45) is 5.41 Å². The van der Waals surface area contributed by atoms with E-state index in [-0.39, 0.29) is 0 Å². The van der Waals surface area contributed by atoms with Crippen molar-refractivity contribution < 1.29 is 0 Å². The molecule has 17 heavy (non-hydrogen) atoms. The third kappa shape index (κ3) is 3.19. The maximum atomic E-state index is 4.49. The quantitative estimate of drug-likeness (QED) is 0.865. The molecule has 0 unspecified atom stereocenters. The van der Waals surface area contributed by atoms with Crippen LogP contribution in [0.4, 0.5) is 5.82 Å². The molecule has 0 amide bonds. The molecule has 1 aliphatic rings. The van der Waals surface area contributed by atoms with Gasteiger partial charge in [-0.2, -0.15) is 0 Å². The zero-order valence-electron chi connectivity index (χ0n) is 11.2. The predicted octanol–water partition coefficient (Wildman–Crippen LogP) is 2.43. The first-order chi connectivity index (χ1) is 8.11. The van der Waals surface area contributed by atoms with Crippen molar-refractivity contribution in [3.05, 3.63) is 23.9 Å². The summed E-state index contributed by atoms with van der Waals surface area (Å²) in [6, 6.07) is 4.30. The van der Waals surface area contributed by atoms with Gasteiger partial charge in [0.2, 0.25) is 0 Å². The lowest BCUT2D eigenvalue weighted by atomic mass is 9.93. The summed E-state index contributed by atoms with van der Waals surface area (Å²) in [6.45, 7) is 11.0. The van der Waals surface area contributed by atoms with E-state index in [0.29, 0.717) is 5.41 Å². The number of rotatable bonds is 4. The Balaban J connectivity index is 2.06. The Morgan fingerprint density at radius 2 is 2.29 bits per heavy atom. The van der Waals surface area contributed by atoms with Crippen molar-refractivity contribution in [2.75, 3.05) is 24.5 Å². The molecule has 0 bridgehead atoms. The lowest BCUT2D eigenvalue weighted by molar-refractivity contribution is 0.418. The van der Waals surface area contributed by atoms with Gasteiger partial charge in [-0.1, -0.05) is 20.8 Å². The highest BCUT2D eigenvalue weighted by Gasteiger charge is 2.29. The van der Waals surface area contributed by atoms with Crippen molar-refractivity contribution >= 4 is 5.82 Å². The highest BCUT2D eigenvalue weighted by atomic mass is 15.2. The van der Waals surface area contributed by atoms with E-state index in [1.54, 1.807) is 0 Å². The minimum atomic E-state index is 0.430. The van der Waals surface area contributed by atoms with E-state index >= 15 is 0 Å². The molecular weight excluding hydrogens is 210 g/mol. The van der Waals surface area contributed by atoms with Crippen molar-refractivity contribution in [2.45, 2.75) is 33.7 Å². The van der Waals surface area contributed by atoms with E-state index in [9.17, 15) is 0 Å². The highest BCUT2D eigenvalue weighted by molar-refractivity contribution is 5.42. The number of aromatic nitrogens is 1. The number of pyridine rings is 1. The zero-order chi connectivity index (χ0) is 12.3. The largest absolute Gasteiger partial charge is 0.356 e. The SMILES string of the molecule is CCNCc1ccnc(N2CCC(C)(C)C2)c1. The maximum Gasteiger partial charge on any atom is 0.128 e. The number of hydrogen-bond donors (Lipinski definition) is 1. The molecule has 1 fully saturated rings. The van der Waals surface area contributed by atoms with Crippen LogP contribution in [0.5, 0.6) is 0 Å². The molecule has 0 aromatic carbocycles. The summed E-state index contributed by atoms with van der Waals surface area (Å²) in [4.78, 5) is 6.89. The molecule has 1 aromatic heterocycles. The first-order valence-corrected chi connectivity index (χ1v) is 6.51. The summed E-state index contributed by atoms with van der Waals surface area (Å²) in [5, 5.41) is 3.35. The minimum absolute atomic E-state index is 0.430. The van der Waals surface area contributed by atoms with Gasteiger partial charge in [0.05, 0.1) is 0 Å². The molecule has 2 heterocycles. The number of hydrogen-bond acceptors (Lipinski definition) is 3. The van der Waals surface area contributed by atoms with E-state index < -0.39 is 0 Å². The number of nitrogens with one attached hydrogen (secondary N) is 1. The first kappa shape index (κ1) is 12.4. The zero-order valence-corrected chi connectivity index (χ0v) is 11.2. The van der Waals surface area contributed by atoms with Gasteiger partial charge in [0, 0.05) is 25.8 Å². The molecule has 1 aliphatic heterocycles. The van der Waals surface area contributed by atoms with Crippen LogP contribution in [0.2, 0.25) is 0 Å². The predicted molar refractivity (Wildman–Crippen MR) is 72.2 cm³/mol. The van der Waals surface area contributed by atoms with Crippen LogP contribution in [0, 0.1) is 5.41 Å². The van der Waals surface area contributed by atoms with Crippen LogP contribution in [0.25, 0.3) is 0 Å². The summed E-state index contributed by atoms with van der Waals surface area (Å²) >= 11 is 0. The normalized spacial score (nSPS) is 18.6. The molecular formula is C14H23N3. The summed E-state index contributed by atoms with van der Waals surface area (Å²) < 4.78 is 0. The molecule has 0 atom stereocenters. The fourth-order valence-corrected chi connectivity index (χ4v) is 2.32. The number of anilines is 1. The fraction of sp³-hybridized carbons (Fsp3) is 0.643. The van der Waals surface area contributed by atoms with Gasteiger partial charge in [-0.15, -0.1) is 0 Å². The second kappa shape index (κ2) is 5.05. The van der Waals surface area contributed by atoms with E-state index in [1.807, 2.05) is 6.20 Å². The van der Waals surface area contributed by atoms with Gasteiger partial charge in [0.25, 0.3) is 0 Å². The number of nitrogens with zero attached hydrogens (tertiary/aromatic N) is 2. The molecule has 2 rings (SSSR count). The topological polar surface area (TPSA) is 28.2 Å². The average Bonchev–Trinajstić information content (AvgIpc) is 2.67. The van der Waals surface area contributed by atoms with Gasteiger partial charge < -0.3 is 10.2 Å². The Morgan fingerprint density at radius 1 is 1.47 bits per heavy atom. The summed E-state index contributed by atoms with van der Waals surface area (Å²) in [5.74, 6) is 1.13. The fourth-order valence-electron chi connectivity index (χ4n) is 2.32. The Morgan fingerprint density at radius 3 is 2.94 bits per heavy atom. The van der Waals surface area contributed by atoms with E-state index in [0.717, 1.165) is 32.0 Å². The Bertz CT molecular complexity index is 373. The molecule has 0 aliphatic carbocycles. The van der Waals surface area contributed by atoms with Gasteiger partial charge >= 0.3 is 0 Å². The average molecular weight is 233 g/mol. The van der Waals surface area contributed by atoms with Crippen LogP contribution in [-0.2, 0) is 6.54 Å². The summed E-state index contributed by atoms with van der Waals surface area (Å²) in [7, 11) is 0. The Kier molecular flexibility index (Phi) is 3.67. The van der Waals surface area contributed by atoms with Crippen molar-refractivity contribution in [1.29, 1.82) is 0 Å². The monoisotopic (exact) mass is 233 g/mol. The van der Waals surface area contributed by atoms with Gasteiger partial charge in [-0.3, -0.25) is 0 Å². The van der Waals surface area contributed by atoms with E-state index in [1.165, 1.54) is 12.0 Å². The summed E-state index contributed by atoms with van der Waals surface area (Å²) in [5.41, 5.74) is 1.75. The van der Waals surface area contributed by atoms with Crippen LogP contribution < -0.4 is 10.2 Å². The smallest absolute Gasteiger partial charge is 0.128 e. The molecule has 0 spiro atoms. The molecule has 3 nitrogen and oxygen atoms in total. The maximum absolute atomic E-state index is 4.49. The van der Waals surface area contributed by atoms with Gasteiger partial charge in [0.1, 0.15) is 5.82 Å². The molecule has 1 N–H and O–H groups in total. The second-order valence-electron chi connectivity index (χ2n) is 5.64. The van der Waals surface area contributed by atoms with Crippen LogP contribution in [0.1, 0.15) is 32.8 Å². The third-order valence-electron chi connectivity index (χ3n) is 3.39. The molecule has 0 radical (unpaired) electrons. The van der Waals surface area contributed by atoms with Crippen molar-refractivity contribution in [3.8, 4) is 0 Å². The Hall–Kier alpha value is -1.09. The van der Waals surface area contributed by atoms with E-state index in [4.69, 9.17) is 0 Å². The molecule has 0 saturated carbocycles. The Labute approximate surface area is 104 Å². The van der Waals surface area contributed by atoms with Crippen LogP contribution in [-0.4, -0.2) is 24.6 Å². The van der Waals surface area contributed by atoms with Crippen LogP contribution >= 0.6 is 0 Å². The molecule has 94 valence electrons. The lowest BCUT2D eigenvalue weighted by Gasteiger charge is -2.21. The lowest BCUT2D eigenvalue weighted by Crippen LogP contribution is -2.23. The van der Waals surface area contributed by atoms with Gasteiger partial charge in [-0.05, 0) is 36.1 Å². The third-order valence-corrected chi connectivity index (χ3v) is 3.39. The van der Waals surface area contributed by atoms with Crippen molar-refractivity contribution in [3.63, 3.8) is 0 Å². The van der Waals surface area contributed by atoms with Gasteiger partial charge in [-0.25, -0.2) is 4.98 Å². The van der Waals surface area contributed by atoms with E-state index in [2.05, 4.69) is 48.1 Å². The molecule has 3 heteroatoms. The highest BCUT2D eigenvalue weighted by Crippen LogP contribution is 2.31. The van der Waals surface area contributed by atoms with Crippen LogP contribution in [0.15, 0.2) is 18.3 Å². The first-order valence-electron chi connectivity index (χ1n) is 6.51. The molecule has 1 saturated heterocycles. The van der Waals surface area contributed by atoms with Crippen molar-refractivity contribution in [1.82, 2.24) is 10.3 Å². The standard InChI is InChI=1S/C14H23N3/c1-4-15-10-12-5-7-16-13(9-12)17-8-6-14(2,3)11-17/h5,7,9,15H,4,6,8,10-11H2,1-3H3. The van der Waals surface area contributed by atoms with Gasteiger partial charge in [0.15, 0.2) is 0 Å². The molecule has 1 aromatic rings. The summed E-state index contributed by atoms with van der Waals surface area (Å²) in [6.07, 6.45) is 3.18. The van der Waals surface area contributed by atoms with Crippen LogP contribution in [0.3, 0.4) is 0 Å².